The van der Waals surface area contributed by atoms with Crippen LogP contribution in [0, 0.1) is 10.1 Å². The van der Waals surface area contributed by atoms with Crippen LogP contribution in [0.3, 0.4) is 0 Å². The van der Waals surface area contributed by atoms with Crippen molar-refractivity contribution in [1.82, 2.24) is 0 Å². The van der Waals surface area contributed by atoms with Crippen LogP contribution < -0.4 is 5.32 Å². The van der Waals surface area contributed by atoms with Gasteiger partial charge in [-0.15, -0.1) is 5.11 Å². The van der Waals surface area contributed by atoms with Crippen molar-refractivity contribution in [2.24, 2.45) is 10.2 Å². The molecule has 20 heavy (non-hydrogen) atoms. The maximum absolute atomic E-state index is 10.6. The number of benzene rings is 2. The second-order valence-electron chi connectivity index (χ2n) is 4.02. The fourth-order valence-electron chi connectivity index (χ4n) is 1.65. The zero-order chi connectivity index (χ0) is 14.4. The highest BCUT2D eigenvalue weighted by Crippen LogP contribution is 2.27. The van der Waals surface area contributed by atoms with Crippen LogP contribution in [-0.2, 0) is 0 Å². The van der Waals surface area contributed by atoms with Gasteiger partial charge in [0.2, 0.25) is 0 Å². The van der Waals surface area contributed by atoms with Gasteiger partial charge < -0.3 is 5.32 Å². The van der Waals surface area contributed by atoms with Gasteiger partial charge in [-0.05, 0) is 31.2 Å². The van der Waals surface area contributed by atoms with E-state index in [0.717, 1.165) is 17.9 Å². The molecule has 0 bridgehead atoms. The number of para-hydroxylation sites is 1. The van der Waals surface area contributed by atoms with Gasteiger partial charge in [0.05, 0.1) is 16.3 Å². The van der Waals surface area contributed by atoms with E-state index in [2.05, 4.69) is 15.5 Å². The highest BCUT2D eigenvalue weighted by Gasteiger charge is 2.03. The molecule has 0 aliphatic rings. The van der Waals surface area contributed by atoms with Crippen LogP contribution in [0.15, 0.2) is 58.8 Å². The maximum atomic E-state index is 10.6. The van der Waals surface area contributed by atoms with Gasteiger partial charge in [-0.25, -0.2) is 0 Å². The van der Waals surface area contributed by atoms with Crippen molar-refractivity contribution in [3.8, 4) is 0 Å². The van der Waals surface area contributed by atoms with Crippen molar-refractivity contribution in [2.45, 2.75) is 6.92 Å². The summed E-state index contributed by atoms with van der Waals surface area (Å²) in [6.07, 6.45) is 0. The predicted octanol–water partition coefficient (Wildman–Crippen LogP) is 4.44. The van der Waals surface area contributed by atoms with E-state index in [1.165, 1.54) is 12.1 Å². The highest BCUT2D eigenvalue weighted by molar-refractivity contribution is 5.64. The van der Waals surface area contributed by atoms with Crippen LogP contribution >= 0.6 is 0 Å². The van der Waals surface area contributed by atoms with Gasteiger partial charge in [0, 0.05) is 18.7 Å². The second kappa shape index (κ2) is 6.42. The normalized spacial score (nSPS) is 10.7. The lowest BCUT2D eigenvalue weighted by atomic mass is 10.2. The van der Waals surface area contributed by atoms with E-state index in [0.29, 0.717) is 5.69 Å². The molecule has 0 heterocycles. The molecule has 102 valence electrons. The molecule has 0 unspecified atom stereocenters. The summed E-state index contributed by atoms with van der Waals surface area (Å²) in [4.78, 5) is 10.1. The van der Waals surface area contributed by atoms with Gasteiger partial charge in [0.1, 0.15) is 5.69 Å². The molecule has 0 aliphatic heterocycles. The van der Waals surface area contributed by atoms with E-state index < -0.39 is 4.92 Å². The first-order valence-corrected chi connectivity index (χ1v) is 6.20. The lowest BCUT2D eigenvalue weighted by Gasteiger charge is -2.05. The molecule has 0 amide bonds. The first-order valence-electron chi connectivity index (χ1n) is 6.20. The quantitative estimate of drug-likeness (QED) is 0.495. The number of nitro groups is 1. The standard InChI is InChI=1S/C14H14N4O2/c1-2-15-13-5-3-4-6-14(13)17-16-11-7-9-12(10-8-11)18(19)20/h3-10,15H,2H2,1H3. The number of non-ortho nitro benzene ring substituents is 1. The molecule has 2 aromatic carbocycles. The smallest absolute Gasteiger partial charge is 0.269 e. The summed E-state index contributed by atoms with van der Waals surface area (Å²) in [5, 5.41) is 22.0. The van der Waals surface area contributed by atoms with Crippen molar-refractivity contribution in [2.75, 3.05) is 11.9 Å². The topological polar surface area (TPSA) is 79.9 Å². The Morgan fingerprint density at radius 2 is 1.80 bits per heavy atom. The lowest BCUT2D eigenvalue weighted by molar-refractivity contribution is -0.384. The Hall–Kier alpha value is -2.76. The van der Waals surface area contributed by atoms with E-state index in [-0.39, 0.29) is 5.69 Å². The summed E-state index contributed by atoms with van der Waals surface area (Å²) in [5.74, 6) is 0. The molecule has 0 aliphatic carbocycles. The first kappa shape index (κ1) is 13.7. The highest BCUT2D eigenvalue weighted by atomic mass is 16.6. The van der Waals surface area contributed by atoms with Crippen LogP contribution in [0.25, 0.3) is 0 Å². The summed E-state index contributed by atoms with van der Waals surface area (Å²) in [6, 6.07) is 13.5. The Labute approximate surface area is 116 Å². The van der Waals surface area contributed by atoms with Crippen molar-refractivity contribution >= 4 is 22.7 Å². The van der Waals surface area contributed by atoms with Crippen molar-refractivity contribution in [3.63, 3.8) is 0 Å². The van der Waals surface area contributed by atoms with Crippen LogP contribution in [0.4, 0.5) is 22.7 Å². The molecule has 2 rings (SSSR count). The van der Waals surface area contributed by atoms with Crippen molar-refractivity contribution in [3.05, 3.63) is 58.6 Å². The molecular formula is C14H14N4O2. The van der Waals surface area contributed by atoms with E-state index >= 15 is 0 Å². The molecule has 6 heteroatoms. The molecule has 1 N–H and O–H groups in total. The Morgan fingerprint density at radius 1 is 1.10 bits per heavy atom. The average Bonchev–Trinajstić information content (AvgIpc) is 2.47. The SMILES string of the molecule is CCNc1ccccc1N=Nc1ccc([N+](=O)[O-])cc1. The van der Waals surface area contributed by atoms with E-state index in [1.807, 2.05) is 31.2 Å². The third kappa shape index (κ3) is 3.38. The number of hydrogen-bond donors (Lipinski definition) is 1. The monoisotopic (exact) mass is 270 g/mol. The molecule has 0 saturated carbocycles. The Bertz CT molecular complexity index is 623. The number of rotatable bonds is 5. The maximum Gasteiger partial charge on any atom is 0.269 e. The van der Waals surface area contributed by atoms with Gasteiger partial charge in [-0.1, -0.05) is 12.1 Å². The van der Waals surface area contributed by atoms with Crippen molar-refractivity contribution < 1.29 is 4.92 Å². The third-order valence-corrected chi connectivity index (χ3v) is 2.61. The van der Waals surface area contributed by atoms with Crippen LogP contribution in [0.2, 0.25) is 0 Å². The fourth-order valence-corrected chi connectivity index (χ4v) is 1.65. The van der Waals surface area contributed by atoms with Gasteiger partial charge in [0.25, 0.3) is 5.69 Å². The van der Waals surface area contributed by atoms with Gasteiger partial charge in [0.15, 0.2) is 0 Å². The molecule has 0 spiro atoms. The van der Waals surface area contributed by atoms with E-state index in [4.69, 9.17) is 0 Å². The summed E-state index contributed by atoms with van der Waals surface area (Å²) in [7, 11) is 0. The van der Waals surface area contributed by atoms with Crippen molar-refractivity contribution in [1.29, 1.82) is 0 Å². The summed E-state index contributed by atoms with van der Waals surface area (Å²) in [6.45, 7) is 2.80. The molecule has 0 aromatic heterocycles. The first-order chi connectivity index (χ1) is 9.70. The summed E-state index contributed by atoms with van der Waals surface area (Å²) in [5.41, 5.74) is 2.24. The Balaban J connectivity index is 2.18. The van der Waals surface area contributed by atoms with Gasteiger partial charge in [-0.2, -0.15) is 5.11 Å². The predicted molar refractivity (Wildman–Crippen MR) is 77.9 cm³/mol. The fraction of sp³-hybridized carbons (Fsp3) is 0.143. The minimum atomic E-state index is -0.443. The largest absolute Gasteiger partial charge is 0.384 e. The zero-order valence-corrected chi connectivity index (χ0v) is 11.0. The average molecular weight is 270 g/mol. The summed E-state index contributed by atoms with van der Waals surface area (Å²) >= 11 is 0. The molecule has 0 radical (unpaired) electrons. The molecule has 2 aromatic rings. The van der Waals surface area contributed by atoms with Gasteiger partial charge >= 0.3 is 0 Å². The van der Waals surface area contributed by atoms with E-state index in [9.17, 15) is 10.1 Å². The number of hydrogen-bond acceptors (Lipinski definition) is 5. The number of nitro benzene ring substituents is 1. The van der Waals surface area contributed by atoms with E-state index in [1.54, 1.807) is 12.1 Å². The zero-order valence-electron chi connectivity index (χ0n) is 11.0. The van der Waals surface area contributed by atoms with Crippen LogP contribution in [0.5, 0.6) is 0 Å². The number of nitrogens with one attached hydrogen (secondary N) is 1. The molecule has 6 nitrogen and oxygen atoms in total. The Kier molecular flexibility index (Phi) is 4.39. The second-order valence-corrected chi connectivity index (χ2v) is 4.02. The summed E-state index contributed by atoms with van der Waals surface area (Å²) < 4.78 is 0. The number of nitrogens with zero attached hydrogens (tertiary/aromatic N) is 3. The van der Waals surface area contributed by atoms with Crippen LogP contribution in [0.1, 0.15) is 6.92 Å². The minimum absolute atomic E-state index is 0.0389. The molecule has 0 saturated heterocycles. The molecular weight excluding hydrogens is 256 g/mol. The molecule has 0 atom stereocenters. The minimum Gasteiger partial charge on any atom is -0.384 e. The number of azo groups is 1. The van der Waals surface area contributed by atoms with Gasteiger partial charge in [-0.3, -0.25) is 10.1 Å². The number of anilines is 1. The molecule has 0 fully saturated rings. The van der Waals surface area contributed by atoms with Crippen LogP contribution in [-0.4, -0.2) is 11.5 Å². The lowest BCUT2D eigenvalue weighted by Crippen LogP contribution is -1.95. The Morgan fingerprint density at radius 3 is 2.45 bits per heavy atom. The third-order valence-electron chi connectivity index (χ3n) is 2.61.